The molecule has 1 aromatic carbocycles. The van der Waals surface area contributed by atoms with E-state index in [0.29, 0.717) is 17.9 Å². The van der Waals surface area contributed by atoms with Crippen LogP contribution in [0.5, 0.6) is 0 Å². The first-order valence-corrected chi connectivity index (χ1v) is 7.78. The summed E-state index contributed by atoms with van der Waals surface area (Å²) in [7, 11) is 1.63. The number of anilines is 1. The summed E-state index contributed by atoms with van der Waals surface area (Å²) >= 11 is 0. The predicted octanol–water partition coefficient (Wildman–Crippen LogP) is 1.51. The number of nitrogens with zero attached hydrogens (tertiary/aromatic N) is 5. The van der Waals surface area contributed by atoms with Gasteiger partial charge in [-0.25, -0.2) is 14.3 Å². The Morgan fingerprint density at radius 1 is 1.20 bits per heavy atom. The van der Waals surface area contributed by atoms with Crippen molar-refractivity contribution < 1.29 is 14.3 Å². The standard InChI is InChI=1S/C17H17N5O3/c1-3-14-13(9-18-17-19-11-20-22(14)17)16(24)25-10-15(23)21(2)12-7-5-4-6-8-12/h4-9,11H,3,10H2,1-2H3. The Kier molecular flexibility index (Phi) is 4.69. The molecule has 8 heteroatoms. The predicted molar refractivity (Wildman–Crippen MR) is 90.3 cm³/mol. The summed E-state index contributed by atoms with van der Waals surface area (Å²) in [5.41, 5.74) is 1.63. The fraction of sp³-hybridized carbons (Fsp3) is 0.235. The van der Waals surface area contributed by atoms with E-state index in [1.165, 1.54) is 21.9 Å². The van der Waals surface area contributed by atoms with Gasteiger partial charge in [0.05, 0.1) is 11.3 Å². The van der Waals surface area contributed by atoms with Gasteiger partial charge in [-0.15, -0.1) is 0 Å². The van der Waals surface area contributed by atoms with Gasteiger partial charge in [0, 0.05) is 18.9 Å². The Morgan fingerprint density at radius 2 is 1.96 bits per heavy atom. The molecule has 0 N–H and O–H groups in total. The Hall–Kier alpha value is -3.29. The monoisotopic (exact) mass is 339 g/mol. The third-order valence-corrected chi connectivity index (χ3v) is 3.80. The van der Waals surface area contributed by atoms with Crippen molar-refractivity contribution in [2.24, 2.45) is 0 Å². The van der Waals surface area contributed by atoms with Gasteiger partial charge in [-0.2, -0.15) is 10.1 Å². The molecule has 3 aromatic rings. The summed E-state index contributed by atoms with van der Waals surface area (Å²) in [5.74, 6) is -0.530. The highest BCUT2D eigenvalue weighted by Gasteiger charge is 2.19. The first kappa shape index (κ1) is 16.6. The molecule has 0 saturated carbocycles. The summed E-state index contributed by atoms with van der Waals surface area (Å²) < 4.78 is 6.66. The molecule has 0 atom stereocenters. The van der Waals surface area contributed by atoms with Crippen LogP contribution in [0.3, 0.4) is 0 Å². The number of hydrogen-bond donors (Lipinski definition) is 0. The van der Waals surface area contributed by atoms with Gasteiger partial charge in [0.2, 0.25) is 0 Å². The van der Waals surface area contributed by atoms with Crippen LogP contribution in [0.2, 0.25) is 0 Å². The average molecular weight is 339 g/mol. The number of carbonyl (C=O) groups is 2. The van der Waals surface area contributed by atoms with Gasteiger partial charge in [0.25, 0.3) is 11.7 Å². The normalized spacial score (nSPS) is 10.6. The van der Waals surface area contributed by atoms with E-state index >= 15 is 0 Å². The van der Waals surface area contributed by atoms with Crippen molar-refractivity contribution in [3.63, 3.8) is 0 Å². The van der Waals surface area contributed by atoms with E-state index in [1.807, 2.05) is 25.1 Å². The SMILES string of the molecule is CCc1c(C(=O)OCC(=O)N(C)c2ccccc2)cnc2ncnn12. The number of benzene rings is 1. The quantitative estimate of drug-likeness (QED) is 0.655. The van der Waals surface area contributed by atoms with Crippen LogP contribution >= 0.6 is 0 Å². The number of ether oxygens (including phenoxy) is 1. The average Bonchev–Trinajstić information content (AvgIpc) is 3.13. The molecule has 2 aromatic heterocycles. The Morgan fingerprint density at radius 3 is 2.68 bits per heavy atom. The first-order chi connectivity index (χ1) is 12.1. The molecule has 0 aliphatic rings. The van der Waals surface area contributed by atoms with Crippen LogP contribution in [0.4, 0.5) is 5.69 Å². The van der Waals surface area contributed by atoms with Crippen LogP contribution in [0.25, 0.3) is 5.78 Å². The third kappa shape index (κ3) is 3.32. The smallest absolute Gasteiger partial charge is 0.342 e. The van der Waals surface area contributed by atoms with E-state index in [-0.39, 0.29) is 18.1 Å². The highest BCUT2D eigenvalue weighted by Crippen LogP contribution is 2.13. The second-order valence-electron chi connectivity index (χ2n) is 5.31. The van der Waals surface area contributed by atoms with E-state index in [9.17, 15) is 9.59 Å². The Labute approximate surface area is 144 Å². The fourth-order valence-corrected chi connectivity index (χ4v) is 2.43. The maximum atomic E-state index is 12.4. The van der Waals surface area contributed by atoms with Crippen molar-refractivity contribution in [2.75, 3.05) is 18.6 Å². The fourth-order valence-electron chi connectivity index (χ4n) is 2.43. The number of aromatic nitrogens is 4. The zero-order valence-corrected chi connectivity index (χ0v) is 13.9. The lowest BCUT2D eigenvalue weighted by Gasteiger charge is -2.17. The lowest BCUT2D eigenvalue weighted by Crippen LogP contribution is -2.31. The van der Waals surface area contributed by atoms with Gasteiger partial charge in [-0.3, -0.25) is 4.79 Å². The number of amides is 1. The van der Waals surface area contributed by atoms with Crippen LogP contribution in [-0.2, 0) is 16.0 Å². The summed E-state index contributed by atoms with van der Waals surface area (Å²) in [6, 6.07) is 9.13. The molecular formula is C17H17N5O3. The van der Waals surface area contributed by atoms with Crippen LogP contribution < -0.4 is 4.90 Å². The molecule has 0 fully saturated rings. The Bertz CT molecular complexity index is 907. The minimum Gasteiger partial charge on any atom is -0.452 e. The number of fused-ring (bicyclic) bond motifs is 1. The minimum absolute atomic E-state index is 0.274. The molecule has 0 bridgehead atoms. The van der Waals surface area contributed by atoms with Gasteiger partial charge < -0.3 is 9.64 Å². The number of esters is 1. The molecule has 3 rings (SSSR count). The molecule has 128 valence electrons. The van der Waals surface area contributed by atoms with Gasteiger partial charge in [-0.1, -0.05) is 25.1 Å². The first-order valence-electron chi connectivity index (χ1n) is 7.78. The number of aryl methyl sites for hydroxylation is 1. The number of para-hydroxylation sites is 1. The van der Waals surface area contributed by atoms with Crippen molar-refractivity contribution in [3.8, 4) is 0 Å². The zero-order chi connectivity index (χ0) is 17.8. The largest absolute Gasteiger partial charge is 0.452 e. The molecular weight excluding hydrogens is 322 g/mol. The third-order valence-electron chi connectivity index (χ3n) is 3.80. The summed E-state index contributed by atoms with van der Waals surface area (Å²) in [5, 5.41) is 4.06. The van der Waals surface area contributed by atoms with Crippen molar-refractivity contribution in [2.45, 2.75) is 13.3 Å². The van der Waals surface area contributed by atoms with Crippen LogP contribution in [-0.4, -0.2) is 45.1 Å². The van der Waals surface area contributed by atoms with Crippen LogP contribution in [0.1, 0.15) is 23.0 Å². The van der Waals surface area contributed by atoms with Crippen molar-refractivity contribution in [1.82, 2.24) is 19.6 Å². The number of likely N-dealkylation sites (N-methyl/N-ethyl adjacent to an activating group) is 1. The van der Waals surface area contributed by atoms with Crippen LogP contribution in [0, 0.1) is 0 Å². The highest BCUT2D eigenvalue weighted by atomic mass is 16.5. The van der Waals surface area contributed by atoms with Gasteiger partial charge in [0.1, 0.15) is 6.33 Å². The topological polar surface area (TPSA) is 89.7 Å². The van der Waals surface area contributed by atoms with Crippen molar-refractivity contribution >= 4 is 23.3 Å². The van der Waals surface area contributed by atoms with E-state index < -0.39 is 5.97 Å². The van der Waals surface area contributed by atoms with Gasteiger partial charge >= 0.3 is 5.97 Å². The molecule has 0 spiro atoms. The van der Waals surface area contributed by atoms with Gasteiger partial charge in [-0.05, 0) is 18.6 Å². The second kappa shape index (κ2) is 7.08. The molecule has 0 aliphatic heterocycles. The Balaban J connectivity index is 1.71. The molecule has 0 unspecified atom stereocenters. The van der Waals surface area contributed by atoms with E-state index in [2.05, 4.69) is 15.1 Å². The summed E-state index contributed by atoms with van der Waals surface area (Å²) in [4.78, 5) is 34.1. The van der Waals surface area contributed by atoms with Crippen molar-refractivity contribution in [1.29, 1.82) is 0 Å². The molecule has 0 saturated heterocycles. The molecule has 8 nitrogen and oxygen atoms in total. The maximum Gasteiger partial charge on any atom is 0.342 e. The minimum atomic E-state index is -0.614. The number of rotatable bonds is 5. The van der Waals surface area contributed by atoms with Crippen molar-refractivity contribution in [3.05, 3.63) is 54.1 Å². The summed E-state index contributed by atoms with van der Waals surface area (Å²) in [6.07, 6.45) is 3.32. The molecule has 1 amide bonds. The van der Waals surface area contributed by atoms with E-state index in [0.717, 1.165) is 5.69 Å². The molecule has 25 heavy (non-hydrogen) atoms. The number of hydrogen-bond acceptors (Lipinski definition) is 6. The molecule has 2 heterocycles. The lowest BCUT2D eigenvalue weighted by atomic mass is 10.2. The lowest BCUT2D eigenvalue weighted by molar-refractivity contribution is -0.121. The highest BCUT2D eigenvalue weighted by molar-refractivity contribution is 5.97. The van der Waals surface area contributed by atoms with Gasteiger partial charge in [0.15, 0.2) is 6.61 Å². The summed E-state index contributed by atoms with van der Waals surface area (Å²) in [6.45, 7) is 1.53. The zero-order valence-electron chi connectivity index (χ0n) is 13.9. The van der Waals surface area contributed by atoms with E-state index in [4.69, 9.17) is 4.74 Å². The molecule has 0 aliphatic carbocycles. The molecule has 0 radical (unpaired) electrons. The number of carbonyl (C=O) groups excluding carboxylic acids is 2. The second-order valence-corrected chi connectivity index (χ2v) is 5.31. The maximum absolute atomic E-state index is 12.4. The van der Waals surface area contributed by atoms with E-state index in [1.54, 1.807) is 19.2 Å². The van der Waals surface area contributed by atoms with Crippen LogP contribution in [0.15, 0.2) is 42.9 Å².